The lowest BCUT2D eigenvalue weighted by Crippen LogP contribution is -2.66. The van der Waals surface area contributed by atoms with Crippen molar-refractivity contribution < 1.29 is 19.1 Å². The van der Waals surface area contributed by atoms with E-state index in [1.165, 1.54) is 49.5 Å². The Balaban J connectivity index is 1.28. The summed E-state index contributed by atoms with van der Waals surface area (Å²) in [6, 6.07) is 8.03. The second-order valence-corrected chi connectivity index (χ2v) is 18.5. The van der Waals surface area contributed by atoms with E-state index in [-0.39, 0.29) is 44.9 Å². The smallest absolute Gasteiger partial charge is 0.337 e. The maximum atomic E-state index is 14.4. The second-order valence-electron chi connectivity index (χ2n) is 18.5. The Morgan fingerprint density at radius 1 is 0.900 bits per heavy atom. The number of rotatable bonds is 8. The quantitative estimate of drug-likeness (QED) is 0.168. The highest BCUT2D eigenvalue weighted by atomic mass is 16.5. The van der Waals surface area contributed by atoms with Crippen LogP contribution < -0.4 is 5.32 Å². The van der Waals surface area contributed by atoms with Gasteiger partial charge >= 0.3 is 5.97 Å². The van der Waals surface area contributed by atoms with Gasteiger partial charge in [0.15, 0.2) is 0 Å². The lowest BCUT2D eigenvalue weighted by Gasteiger charge is -2.72. The maximum Gasteiger partial charge on any atom is 0.337 e. The molecular formula is C44H64N2O4. The van der Waals surface area contributed by atoms with Crippen LogP contribution in [0.15, 0.2) is 42.5 Å². The van der Waals surface area contributed by atoms with E-state index in [0.717, 1.165) is 38.5 Å². The first-order chi connectivity index (χ1) is 23.5. The zero-order valence-corrected chi connectivity index (χ0v) is 32.5. The second kappa shape index (κ2) is 13.0. The van der Waals surface area contributed by atoms with Gasteiger partial charge in [0.1, 0.15) is 0 Å². The van der Waals surface area contributed by atoms with Crippen molar-refractivity contribution in [2.24, 2.45) is 56.7 Å². The number of carbonyl (C=O) groups excluding carboxylic acids is 3. The summed E-state index contributed by atoms with van der Waals surface area (Å²) in [4.78, 5) is 39.9. The van der Waals surface area contributed by atoms with E-state index in [2.05, 4.69) is 71.6 Å². The first kappa shape index (κ1) is 36.9. The van der Waals surface area contributed by atoms with Crippen LogP contribution >= 0.6 is 0 Å². The normalized spacial score (nSPS) is 38.3. The maximum absolute atomic E-state index is 14.4. The van der Waals surface area contributed by atoms with Gasteiger partial charge in [-0.05, 0) is 146 Å². The molecule has 6 nitrogen and oxygen atoms in total. The van der Waals surface area contributed by atoms with E-state index in [4.69, 9.17) is 4.74 Å². The molecule has 0 unspecified atom stereocenters. The number of nitrogens with one attached hydrogen (secondary N) is 1. The van der Waals surface area contributed by atoms with Crippen molar-refractivity contribution >= 4 is 23.4 Å². The molecule has 274 valence electrons. The number of fused-ring (bicyclic) bond motifs is 7. The SMILES string of the molecule is C=C(C)[C@@H]1CC[C@]2(C(=O)NCCCN(C)C(C)=O)CC[C@]3(C)[C@H](CC[C@@H]4[C@@]5(C)CC=C(c6ccc(C(=O)OC)cc6)C(C)(C)[C@@H]5CC[C@]43C)[C@@H]12. The number of nitrogens with zero attached hydrogens (tertiary/aromatic N) is 1. The monoisotopic (exact) mass is 684 g/mol. The third-order valence-electron chi connectivity index (χ3n) is 16.2. The van der Waals surface area contributed by atoms with Gasteiger partial charge in [-0.25, -0.2) is 4.79 Å². The Labute approximate surface area is 302 Å². The number of hydrogen-bond donors (Lipinski definition) is 1. The Kier molecular flexibility index (Phi) is 9.56. The highest BCUT2D eigenvalue weighted by Gasteiger charge is 2.71. The van der Waals surface area contributed by atoms with Gasteiger partial charge in [-0.15, -0.1) is 0 Å². The van der Waals surface area contributed by atoms with Crippen molar-refractivity contribution in [1.82, 2.24) is 10.2 Å². The lowest BCUT2D eigenvalue weighted by molar-refractivity contribution is -0.225. The molecule has 0 bridgehead atoms. The fraction of sp³-hybridized carbons (Fsp3) is 0.705. The van der Waals surface area contributed by atoms with Crippen LogP contribution in [0.4, 0.5) is 0 Å². The van der Waals surface area contributed by atoms with E-state index in [9.17, 15) is 14.4 Å². The van der Waals surface area contributed by atoms with Crippen molar-refractivity contribution in [2.75, 3.05) is 27.2 Å². The Morgan fingerprint density at radius 3 is 2.24 bits per heavy atom. The Morgan fingerprint density at radius 2 is 1.60 bits per heavy atom. The van der Waals surface area contributed by atoms with Crippen LogP contribution in [0.3, 0.4) is 0 Å². The van der Waals surface area contributed by atoms with Crippen LogP contribution in [0.1, 0.15) is 129 Å². The molecule has 0 saturated heterocycles. The molecule has 9 atom stereocenters. The molecule has 0 radical (unpaired) electrons. The molecule has 5 aliphatic carbocycles. The summed E-state index contributed by atoms with van der Waals surface area (Å²) in [6.07, 6.45) is 13.4. The van der Waals surface area contributed by atoms with Crippen molar-refractivity contribution in [2.45, 2.75) is 113 Å². The van der Waals surface area contributed by atoms with Gasteiger partial charge < -0.3 is 15.0 Å². The molecule has 50 heavy (non-hydrogen) atoms. The highest BCUT2D eigenvalue weighted by Crippen LogP contribution is 2.77. The molecule has 0 aromatic heterocycles. The van der Waals surface area contributed by atoms with Crippen LogP contribution in [-0.2, 0) is 14.3 Å². The molecule has 6 rings (SSSR count). The predicted molar refractivity (Wildman–Crippen MR) is 201 cm³/mol. The summed E-state index contributed by atoms with van der Waals surface area (Å²) in [5.41, 5.74) is 4.73. The van der Waals surface area contributed by atoms with E-state index in [0.29, 0.717) is 48.2 Å². The highest BCUT2D eigenvalue weighted by molar-refractivity contribution is 5.90. The lowest BCUT2D eigenvalue weighted by atomic mass is 9.32. The zero-order chi connectivity index (χ0) is 36.4. The van der Waals surface area contributed by atoms with Gasteiger partial charge in [-0.3, -0.25) is 9.59 Å². The fourth-order valence-electron chi connectivity index (χ4n) is 13.4. The van der Waals surface area contributed by atoms with E-state index < -0.39 is 0 Å². The Hall–Kier alpha value is -2.89. The molecule has 4 saturated carbocycles. The molecule has 0 heterocycles. The standard InChI is InChI=1S/C44H64N2O4/c1-28(2)32-18-23-44(39(49)45-26-11-27-46(9)29(3)47)25-24-42(7)34(37(32)44)16-17-36-41(6)21-19-33(30-12-14-31(15-13-30)38(48)50-10)40(4,5)35(41)20-22-43(36,42)8/h12-15,19,32,34-37H,1,11,16-18,20-27H2,2-10H3,(H,45,49)/t32-,34+,35-,36+,37+,41-,42+,43+,44-/m0/s1. The molecule has 1 N–H and O–H groups in total. The zero-order valence-electron chi connectivity index (χ0n) is 32.5. The van der Waals surface area contributed by atoms with E-state index in [1.807, 2.05) is 19.2 Å². The third-order valence-corrected chi connectivity index (χ3v) is 16.2. The van der Waals surface area contributed by atoms with Gasteiger partial charge in [0, 0.05) is 27.1 Å². The average molecular weight is 685 g/mol. The summed E-state index contributed by atoms with van der Waals surface area (Å²) in [5.74, 6) is 2.46. The average Bonchev–Trinajstić information content (AvgIpc) is 3.48. The molecule has 1 aromatic rings. The molecular weight excluding hydrogens is 620 g/mol. The topological polar surface area (TPSA) is 75.7 Å². The predicted octanol–water partition coefficient (Wildman–Crippen LogP) is 9.11. The minimum atomic E-state index is -0.321. The molecule has 6 heteroatoms. The summed E-state index contributed by atoms with van der Waals surface area (Å²) in [5, 5.41) is 3.39. The van der Waals surface area contributed by atoms with Crippen molar-refractivity contribution in [3.63, 3.8) is 0 Å². The molecule has 4 fully saturated rings. The van der Waals surface area contributed by atoms with Crippen molar-refractivity contribution in [3.8, 4) is 0 Å². The number of hydrogen-bond acceptors (Lipinski definition) is 4. The molecule has 5 aliphatic rings. The van der Waals surface area contributed by atoms with Crippen LogP contribution in [-0.4, -0.2) is 49.9 Å². The molecule has 0 aliphatic heterocycles. The summed E-state index contributed by atoms with van der Waals surface area (Å²) < 4.78 is 4.95. The van der Waals surface area contributed by atoms with Crippen LogP contribution in [0.5, 0.6) is 0 Å². The first-order valence-electron chi connectivity index (χ1n) is 19.5. The number of methoxy groups -OCH3 is 1. The van der Waals surface area contributed by atoms with Gasteiger partial charge in [-0.2, -0.15) is 0 Å². The fourth-order valence-corrected chi connectivity index (χ4v) is 13.4. The molecule has 1 aromatic carbocycles. The minimum absolute atomic E-state index is 0.00833. The Bertz CT molecular complexity index is 1560. The number of allylic oxidation sites excluding steroid dienone is 3. The number of carbonyl (C=O) groups is 3. The van der Waals surface area contributed by atoms with E-state index >= 15 is 0 Å². The first-order valence-corrected chi connectivity index (χ1v) is 19.5. The summed E-state index contributed by atoms with van der Waals surface area (Å²) in [7, 11) is 3.26. The van der Waals surface area contributed by atoms with E-state index in [1.54, 1.807) is 11.8 Å². The van der Waals surface area contributed by atoms with Gasteiger partial charge in [0.2, 0.25) is 11.8 Å². The number of amides is 2. The van der Waals surface area contributed by atoms with Crippen molar-refractivity contribution in [3.05, 3.63) is 53.6 Å². The van der Waals surface area contributed by atoms with Gasteiger partial charge in [0.05, 0.1) is 18.1 Å². The molecule has 0 spiro atoms. The van der Waals surface area contributed by atoms with Crippen LogP contribution in [0, 0.1) is 56.7 Å². The summed E-state index contributed by atoms with van der Waals surface area (Å²) in [6.45, 7) is 22.4. The number of benzene rings is 1. The minimum Gasteiger partial charge on any atom is -0.465 e. The van der Waals surface area contributed by atoms with Crippen LogP contribution in [0.25, 0.3) is 5.57 Å². The van der Waals surface area contributed by atoms with Crippen LogP contribution in [0.2, 0.25) is 0 Å². The third kappa shape index (κ3) is 5.43. The largest absolute Gasteiger partial charge is 0.465 e. The van der Waals surface area contributed by atoms with Gasteiger partial charge in [-0.1, -0.05) is 65.0 Å². The summed E-state index contributed by atoms with van der Waals surface area (Å²) >= 11 is 0. The van der Waals surface area contributed by atoms with Gasteiger partial charge in [0.25, 0.3) is 0 Å². The number of esters is 1. The van der Waals surface area contributed by atoms with Crippen molar-refractivity contribution in [1.29, 1.82) is 0 Å². The molecule has 2 amide bonds. The number of ether oxygens (including phenoxy) is 1.